The van der Waals surface area contributed by atoms with Gasteiger partial charge in [-0.3, -0.25) is 0 Å². The van der Waals surface area contributed by atoms with Crippen LogP contribution in [0.5, 0.6) is 0 Å². The second kappa shape index (κ2) is 4.82. The van der Waals surface area contributed by atoms with Crippen LogP contribution in [0.15, 0.2) is 41.8 Å². The van der Waals surface area contributed by atoms with E-state index in [0.29, 0.717) is 0 Å². The molecule has 0 amide bonds. The van der Waals surface area contributed by atoms with Crippen LogP contribution in [0, 0.1) is 0 Å². The molecule has 1 heterocycles. The van der Waals surface area contributed by atoms with Crippen molar-refractivity contribution in [2.75, 3.05) is 5.73 Å². The molecule has 0 aromatic carbocycles. The van der Waals surface area contributed by atoms with E-state index in [1.165, 1.54) is 16.7 Å². The van der Waals surface area contributed by atoms with Crippen LogP contribution in [0.2, 0.25) is 0 Å². The van der Waals surface area contributed by atoms with Gasteiger partial charge in [-0.05, 0) is 31.1 Å². The smallest absolute Gasteiger partial charge is 0.0862 e. The molecule has 0 saturated carbocycles. The normalized spacial score (nSPS) is 13.0. The number of thiophene rings is 1. The maximum atomic E-state index is 5.67. The zero-order chi connectivity index (χ0) is 10.6. The van der Waals surface area contributed by atoms with E-state index in [0.717, 1.165) is 5.00 Å². The molecule has 0 aliphatic carbocycles. The summed E-state index contributed by atoms with van der Waals surface area (Å²) in [5, 5.41) is 2.93. The lowest BCUT2D eigenvalue weighted by Crippen LogP contribution is -1.78. The van der Waals surface area contributed by atoms with Crippen molar-refractivity contribution >= 4 is 21.9 Å². The minimum Gasteiger partial charge on any atom is -0.391 e. The van der Waals surface area contributed by atoms with Crippen molar-refractivity contribution in [3.63, 3.8) is 0 Å². The Morgan fingerprint density at radius 3 is 2.71 bits per heavy atom. The quantitative estimate of drug-likeness (QED) is 0.745. The van der Waals surface area contributed by atoms with Gasteiger partial charge < -0.3 is 5.73 Å². The first-order valence-electron chi connectivity index (χ1n) is 4.45. The van der Waals surface area contributed by atoms with Gasteiger partial charge in [0, 0.05) is 5.38 Å². The van der Waals surface area contributed by atoms with E-state index < -0.39 is 0 Å². The van der Waals surface area contributed by atoms with Crippen LogP contribution >= 0.6 is 11.3 Å². The first-order chi connectivity index (χ1) is 6.63. The van der Waals surface area contributed by atoms with E-state index >= 15 is 0 Å². The van der Waals surface area contributed by atoms with E-state index in [1.807, 2.05) is 12.1 Å². The van der Waals surface area contributed by atoms with Crippen molar-refractivity contribution in [2.24, 2.45) is 0 Å². The van der Waals surface area contributed by atoms with Crippen molar-refractivity contribution in [1.29, 1.82) is 0 Å². The fourth-order valence-electron chi connectivity index (χ4n) is 1.22. The van der Waals surface area contributed by atoms with Gasteiger partial charge >= 0.3 is 0 Å². The molecule has 1 aromatic rings. The van der Waals surface area contributed by atoms with Gasteiger partial charge in [-0.15, -0.1) is 11.3 Å². The number of rotatable bonds is 3. The Hall–Kier alpha value is -1.28. The molecule has 2 N–H and O–H groups in total. The molecule has 0 bridgehead atoms. The zero-order valence-electron chi connectivity index (χ0n) is 8.58. The Bertz CT molecular complexity index is 383. The minimum absolute atomic E-state index is 0.859. The summed E-state index contributed by atoms with van der Waals surface area (Å²) in [4.78, 5) is 0. The van der Waals surface area contributed by atoms with E-state index in [1.54, 1.807) is 17.4 Å². The van der Waals surface area contributed by atoms with Crippen LogP contribution in [0.3, 0.4) is 0 Å². The summed E-state index contributed by atoms with van der Waals surface area (Å²) >= 11 is 1.57. The molecule has 1 aromatic heterocycles. The number of nitrogen functional groups attached to an aromatic ring is 1. The number of anilines is 1. The molecule has 0 aliphatic heterocycles. The molecule has 0 saturated heterocycles. The van der Waals surface area contributed by atoms with E-state index in [9.17, 15) is 0 Å². The maximum absolute atomic E-state index is 5.67. The Kier molecular flexibility index (Phi) is 3.72. The number of nitrogens with two attached hydrogens (primary N) is 1. The largest absolute Gasteiger partial charge is 0.391 e. The molecule has 0 fully saturated rings. The second-order valence-corrected chi connectivity index (χ2v) is 4.15. The van der Waals surface area contributed by atoms with Crippen molar-refractivity contribution in [3.8, 4) is 0 Å². The highest BCUT2D eigenvalue weighted by Crippen LogP contribution is 2.23. The molecule has 0 aliphatic rings. The average molecular weight is 205 g/mol. The number of hydrogen-bond acceptors (Lipinski definition) is 2. The lowest BCUT2D eigenvalue weighted by molar-refractivity contribution is 1.50. The molecule has 0 unspecified atom stereocenters. The van der Waals surface area contributed by atoms with Crippen LogP contribution in [-0.2, 0) is 0 Å². The fraction of sp³-hybridized carbons (Fsp3) is 0.167. The van der Waals surface area contributed by atoms with Crippen LogP contribution < -0.4 is 5.73 Å². The van der Waals surface area contributed by atoms with Gasteiger partial charge in [0.1, 0.15) is 0 Å². The molecule has 2 heteroatoms. The third kappa shape index (κ3) is 2.89. The van der Waals surface area contributed by atoms with Crippen LogP contribution in [0.4, 0.5) is 5.00 Å². The predicted octanol–water partition coefficient (Wildman–Crippen LogP) is 3.87. The van der Waals surface area contributed by atoms with Crippen LogP contribution in [0.1, 0.15) is 19.4 Å². The molecular formula is C12H15NS. The first kappa shape index (κ1) is 10.8. The Morgan fingerprint density at radius 1 is 1.50 bits per heavy atom. The van der Waals surface area contributed by atoms with Crippen LogP contribution in [0.25, 0.3) is 5.57 Å². The molecule has 1 nitrogen and oxygen atoms in total. The monoisotopic (exact) mass is 205 g/mol. The van der Waals surface area contributed by atoms with E-state index in [2.05, 4.69) is 31.9 Å². The standard InChI is InChI=1S/C12H15NS/c1-4-5-9(2)6-10(3)11-7-12(13)14-8-11/h4-8H,1,13H2,2-3H3/b9-5+,10-6+. The number of hydrogen-bond donors (Lipinski definition) is 1. The van der Waals surface area contributed by atoms with E-state index in [4.69, 9.17) is 5.73 Å². The molecule has 0 atom stereocenters. The second-order valence-electron chi connectivity index (χ2n) is 3.21. The van der Waals surface area contributed by atoms with Crippen molar-refractivity contribution < 1.29 is 0 Å². The zero-order valence-corrected chi connectivity index (χ0v) is 9.40. The molecule has 14 heavy (non-hydrogen) atoms. The number of allylic oxidation sites excluding steroid dienone is 5. The highest BCUT2D eigenvalue weighted by Gasteiger charge is 1.98. The third-order valence-electron chi connectivity index (χ3n) is 1.90. The van der Waals surface area contributed by atoms with Gasteiger partial charge in [-0.25, -0.2) is 0 Å². The molecule has 1 rings (SSSR count). The Morgan fingerprint density at radius 2 is 2.21 bits per heavy atom. The van der Waals surface area contributed by atoms with Gasteiger partial charge in [0.25, 0.3) is 0 Å². The average Bonchev–Trinajstić information content (AvgIpc) is 2.52. The first-order valence-corrected chi connectivity index (χ1v) is 5.33. The summed E-state index contributed by atoms with van der Waals surface area (Å²) in [5.41, 5.74) is 9.29. The summed E-state index contributed by atoms with van der Waals surface area (Å²) in [6, 6.07) is 2.00. The SMILES string of the molecule is C=C/C=C(C)/C=C(\C)c1csc(N)c1. The van der Waals surface area contributed by atoms with Crippen molar-refractivity contribution in [3.05, 3.63) is 47.4 Å². The lowest BCUT2D eigenvalue weighted by Gasteiger charge is -1.97. The summed E-state index contributed by atoms with van der Waals surface area (Å²) in [5.74, 6) is 0. The summed E-state index contributed by atoms with van der Waals surface area (Å²) in [6.07, 6.45) is 5.91. The van der Waals surface area contributed by atoms with Gasteiger partial charge in [0.2, 0.25) is 0 Å². The van der Waals surface area contributed by atoms with E-state index in [-0.39, 0.29) is 0 Å². The Balaban J connectivity index is 2.89. The topological polar surface area (TPSA) is 26.0 Å². The van der Waals surface area contributed by atoms with Crippen molar-refractivity contribution in [2.45, 2.75) is 13.8 Å². The fourth-order valence-corrected chi connectivity index (χ4v) is 1.93. The Labute approximate surface area is 89.3 Å². The summed E-state index contributed by atoms with van der Waals surface area (Å²) < 4.78 is 0. The molecular weight excluding hydrogens is 190 g/mol. The lowest BCUT2D eigenvalue weighted by atomic mass is 10.1. The molecule has 0 spiro atoms. The highest BCUT2D eigenvalue weighted by molar-refractivity contribution is 7.14. The van der Waals surface area contributed by atoms with Gasteiger partial charge in [-0.2, -0.15) is 0 Å². The van der Waals surface area contributed by atoms with Gasteiger partial charge in [-0.1, -0.05) is 30.4 Å². The van der Waals surface area contributed by atoms with Gasteiger partial charge in [0.05, 0.1) is 5.00 Å². The van der Waals surface area contributed by atoms with Gasteiger partial charge in [0.15, 0.2) is 0 Å². The maximum Gasteiger partial charge on any atom is 0.0862 e. The van der Waals surface area contributed by atoms with Crippen molar-refractivity contribution in [1.82, 2.24) is 0 Å². The minimum atomic E-state index is 0.859. The molecule has 0 radical (unpaired) electrons. The van der Waals surface area contributed by atoms with Crippen LogP contribution in [-0.4, -0.2) is 0 Å². The predicted molar refractivity (Wildman–Crippen MR) is 66.3 cm³/mol. The highest BCUT2D eigenvalue weighted by atomic mass is 32.1. The summed E-state index contributed by atoms with van der Waals surface area (Å²) in [7, 11) is 0. The molecule has 74 valence electrons. The third-order valence-corrected chi connectivity index (χ3v) is 2.66. The summed E-state index contributed by atoms with van der Waals surface area (Å²) in [6.45, 7) is 7.80.